The molecule has 0 saturated heterocycles. The molecule has 0 aliphatic heterocycles. The van der Waals surface area contributed by atoms with E-state index in [0.29, 0.717) is 28.5 Å². The van der Waals surface area contributed by atoms with Gasteiger partial charge in [-0.1, -0.05) is 122 Å². The predicted molar refractivity (Wildman–Crippen MR) is 196 cm³/mol. The molecule has 247 valence electrons. The van der Waals surface area contributed by atoms with Crippen LogP contribution in [0, 0.1) is 12.3 Å². The quantitative estimate of drug-likeness (QED) is 0.0932. The summed E-state index contributed by atoms with van der Waals surface area (Å²) in [4.78, 5) is 24.9. The van der Waals surface area contributed by atoms with Crippen LogP contribution >= 0.6 is 34.8 Å². The number of carbonyl (C=O) groups excluding carboxylic acids is 1. The SMILES string of the molecule is C=CCC(c1c(Cl)nc(C)nc1N(C(=O)OC(C)(C)C)c1ccc(Cl)cc1Cl)C(O[Si](c1ccccc1)c1ccccc1)C(C)(C)C. The fourth-order valence-electron chi connectivity index (χ4n) is 5.33. The van der Waals surface area contributed by atoms with Crippen LogP contribution in [0.3, 0.4) is 0 Å². The van der Waals surface area contributed by atoms with Gasteiger partial charge in [-0.05, 0) is 68.1 Å². The molecule has 0 aliphatic rings. The highest BCUT2D eigenvalue weighted by molar-refractivity contribution is 6.80. The molecule has 1 radical (unpaired) electrons. The second kappa shape index (κ2) is 15.3. The summed E-state index contributed by atoms with van der Waals surface area (Å²) >= 11 is 20.1. The van der Waals surface area contributed by atoms with E-state index >= 15 is 0 Å². The summed E-state index contributed by atoms with van der Waals surface area (Å²) in [6, 6.07) is 25.4. The first-order valence-electron chi connectivity index (χ1n) is 15.4. The number of rotatable bonds is 10. The van der Waals surface area contributed by atoms with Crippen LogP contribution in [-0.2, 0) is 9.16 Å². The van der Waals surface area contributed by atoms with Crippen molar-refractivity contribution in [2.24, 2.45) is 5.41 Å². The maximum Gasteiger partial charge on any atom is 0.420 e. The molecule has 1 aromatic heterocycles. The van der Waals surface area contributed by atoms with Gasteiger partial charge in [0.15, 0.2) is 5.82 Å². The molecular formula is C37H41Cl3N3O3Si. The molecule has 10 heteroatoms. The van der Waals surface area contributed by atoms with Crippen molar-refractivity contribution in [2.45, 2.75) is 72.5 Å². The van der Waals surface area contributed by atoms with Gasteiger partial charge in [-0.3, -0.25) is 0 Å². The zero-order chi connectivity index (χ0) is 34.5. The Morgan fingerprint density at radius 3 is 1.98 bits per heavy atom. The number of amides is 1. The Labute approximate surface area is 295 Å². The summed E-state index contributed by atoms with van der Waals surface area (Å²) in [7, 11) is -1.77. The van der Waals surface area contributed by atoms with Gasteiger partial charge in [-0.15, -0.1) is 6.58 Å². The first kappa shape index (κ1) is 36.6. The first-order chi connectivity index (χ1) is 22.1. The molecule has 47 heavy (non-hydrogen) atoms. The number of benzene rings is 3. The second-order valence-electron chi connectivity index (χ2n) is 13.3. The van der Waals surface area contributed by atoms with Crippen LogP contribution in [0.4, 0.5) is 16.3 Å². The number of hydrogen-bond donors (Lipinski definition) is 0. The molecule has 6 nitrogen and oxygen atoms in total. The van der Waals surface area contributed by atoms with Crippen molar-refractivity contribution in [1.29, 1.82) is 0 Å². The average Bonchev–Trinajstić information content (AvgIpc) is 2.97. The second-order valence-corrected chi connectivity index (χ2v) is 16.6. The van der Waals surface area contributed by atoms with E-state index in [4.69, 9.17) is 48.9 Å². The molecule has 0 N–H and O–H groups in total. The van der Waals surface area contributed by atoms with E-state index in [9.17, 15) is 4.79 Å². The zero-order valence-corrected chi connectivity index (χ0v) is 31.1. The van der Waals surface area contributed by atoms with E-state index < -0.39 is 38.2 Å². The van der Waals surface area contributed by atoms with E-state index in [-0.39, 0.29) is 16.0 Å². The third-order valence-electron chi connectivity index (χ3n) is 7.26. The largest absolute Gasteiger partial charge is 0.443 e. The molecule has 3 aromatic carbocycles. The van der Waals surface area contributed by atoms with Crippen molar-refractivity contribution in [1.82, 2.24) is 9.97 Å². The topological polar surface area (TPSA) is 64.6 Å². The molecule has 1 amide bonds. The molecule has 1 heterocycles. The number of hydrogen-bond acceptors (Lipinski definition) is 5. The number of anilines is 2. The molecule has 4 rings (SSSR count). The lowest BCUT2D eigenvalue weighted by Gasteiger charge is -2.40. The van der Waals surface area contributed by atoms with Crippen molar-refractivity contribution in [3.8, 4) is 0 Å². The summed E-state index contributed by atoms with van der Waals surface area (Å²) < 4.78 is 13.2. The van der Waals surface area contributed by atoms with E-state index in [2.05, 4.69) is 56.6 Å². The van der Waals surface area contributed by atoms with Crippen LogP contribution < -0.4 is 15.3 Å². The smallest absolute Gasteiger partial charge is 0.420 e. The van der Waals surface area contributed by atoms with Gasteiger partial charge in [0.1, 0.15) is 16.6 Å². The van der Waals surface area contributed by atoms with E-state index in [1.807, 2.05) is 42.5 Å². The van der Waals surface area contributed by atoms with Crippen molar-refractivity contribution in [2.75, 3.05) is 4.90 Å². The Kier molecular flexibility index (Phi) is 12.0. The number of carbonyl (C=O) groups is 1. The van der Waals surface area contributed by atoms with E-state index in [1.54, 1.807) is 45.9 Å². The Morgan fingerprint density at radius 1 is 0.915 bits per heavy atom. The van der Waals surface area contributed by atoms with Gasteiger partial charge in [0.2, 0.25) is 0 Å². The molecule has 2 atom stereocenters. The Morgan fingerprint density at radius 2 is 1.49 bits per heavy atom. The predicted octanol–water partition coefficient (Wildman–Crippen LogP) is 9.72. The molecule has 0 spiro atoms. The summed E-state index contributed by atoms with van der Waals surface area (Å²) in [6.07, 6.45) is 1.17. The molecule has 4 aromatic rings. The third-order valence-corrected chi connectivity index (χ3v) is 10.3. The summed E-state index contributed by atoms with van der Waals surface area (Å²) in [5.74, 6) is 0.189. The van der Waals surface area contributed by atoms with Gasteiger partial charge < -0.3 is 9.16 Å². The van der Waals surface area contributed by atoms with Crippen LogP contribution in [-0.4, -0.2) is 36.8 Å². The lowest BCUT2D eigenvalue weighted by molar-refractivity contribution is 0.0589. The Bertz CT molecular complexity index is 1650. The molecule has 0 bridgehead atoms. The highest BCUT2D eigenvalue weighted by Gasteiger charge is 2.41. The van der Waals surface area contributed by atoms with E-state index in [1.165, 1.54) is 4.90 Å². The van der Waals surface area contributed by atoms with Gasteiger partial charge in [-0.2, -0.15) is 0 Å². The minimum atomic E-state index is -1.77. The number of halogens is 3. The number of aryl methyl sites for hydroxylation is 1. The van der Waals surface area contributed by atoms with Gasteiger partial charge in [0.25, 0.3) is 9.04 Å². The summed E-state index contributed by atoms with van der Waals surface area (Å²) in [6.45, 7) is 17.6. The highest BCUT2D eigenvalue weighted by atomic mass is 35.5. The third kappa shape index (κ3) is 9.24. The van der Waals surface area contributed by atoms with Crippen LogP contribution in [0.5, 0.6) is 0 Å². The average molecular weight is 710 g/mol. The van der Waals surface area contributed by atoms with Crippen molar-refractivity contribution in [3.63, 3.8) is 0 Å². The number of nitrogens with zero attached hydrogens (tertiary/aromatic N) is 3. The van der Waals surface area contributed by atoms with Crippen LogP contribution in [0.2, 0.25) is 15.2 Å². The molecular weight excluding hydrogens is 669 g/mol. The minimum absolute atomic E-state index is 0.198. The Balaban J connectivity index is 1.98. The number of allylic oxidation sites excluding steroid dienone is 1. The van der Waals surface area contributed by atoms with Crippen LogP contribution in [0.15, 0.2) is 91.5 Å². The van der Waals surface area contributed by atoms with Gasteiger partial charge >= 0.3 is 6.09 Å². The molecule has 2 unspecified atom stereocenters. The molecule has 0 saturated carbocycles. The molecule has 0 aliphatic carbocycles. The highest BCUT2D eigenvalue weighted by Crippen LogP contribution is 2.45. The van der Waals surface area contributed by atoms with Crippen molar-refractivity contribution < 1.29 is 14.0 Å². The minimum Gasteiger partial charge on any atom is -0.443 e. The maximum atomic E-state index is 14.1. The fourth-order valence-corrected chi connectivity index (χ4v) is 8.54. The maximum absolute atomic E-state index is 14.1. The van der Waals surface area contributed by atoms with Crippen LogP contribution in [0.1, 0.15) is 65.3 Å². The van der Waals surface area contributed by atoms with Gasteiger partial charge in [-0.25, -0.2) is 19.7 Å². The summed E-state index contributed by atoms with van der Waals surface area (Å²) in [5, 5.41) is 3.06. The number of ether oxygens (including phenoxy) is 1. The lowest BCUT2D eigenvalue weighted by Crippen LogP contribution is -2.51. The fraction of sp³-hybridized carbons (Fsp3) is 0.324. The summed E-state index contributed by atoms with van der Waals surface area (Å²) in [5.41, 5.74) is -0.366. The Hall–Kier alpha value is -3.20. The zero-order valence-electron chi connectivity index (χ0n) is 27.9. The normalized spacial score (nSPS) is 13.3. The first-order valence-corrected chi connectivity index (χ1v) is 17.9. The van der Waals surface area contributed by atoms with Gasteiger partial charge in [0.05, 0.1) is 16.8 Å². The number of aromatic nitrogens is 2. The lowest BCUT2D eigenvalue weighted by atomic mass is 9.77. The van der Waals surface area contributed by atoms with E-state index in [0.717, 1.165) is 10.4 Å². The van der Waals surface area contributed by atoms with Crippen molar-refractivity contribution in [3.05, 3.63) is 118 Å². The van der Waals surface area contributed by atoms with Crippen molar-refractivity contribution >= 4 is 71.8 Å². The monoisotopic (exact) mass is 708 g/mol. The van der Waals surface area contributed by atoms with Crippen LogP contribution in [0.25, 0.3) is 0 Å². The molecule has 0 fully saturated rings. The van der Waals surface area contributed by atoms with Gasteiger partial charge in [0, 0.05) is 16.5 Å². The standard InChI is InChI=1S/C37H41Cl3N3O3Si/c1-9-16-28(32(36(3,4)5)46-47(26-17-12-10-13-18-26)27-19-14-11-15-20-27)31-33(40)41-24(2)42-34(31)43(35(44)45-37(6,7)8)30-22-21-25(38)23-29(30)39/h9-15,17-23,28,32H,1,16H2,2-8H3.